The van der Waals surface area contributed by atoms with E-state index < -0.39 is 6.10 Å². The fourth-order valence-electron chi connectivity index (χ4n) is 1.80. The van der Waals surface area contributed by atoms with Crippen LogP contribution in [0.15, 0.2) is 0 Å². The van der Waals surface area contributed by atoms with Gasteiger partial charge in [0.05, 0.1) is 12.7 Å². The molecule has 0 spiro atoms. The van der Waals surface area contributed by atoms with Crippen LogP contribution in [0.2, 0.25) is 0 Å². The van der Waals surface area contributed by atoms with Crippen LogP contribution in [0.5, 0.6) is 0 Å². The van der Waals surface area contributed by atoms with E-state index in [1.807, 2.05) is 0 Å². The maximum atomic E-state index is 11.7. The minimum absolute atomic E-state index is 0.0908. The molecule has 4 heteroatoms. The number of aliphatic hydroxyl groups is 2. The molecular weight excluding hydrogens is 194 g/mol. The van der Waals surface area contributed by atoms with Crippen LogP contribution in [0.3, 0.4) is 0 Å². The van der Waals surface area contributed by atoms with Crippen molar-refractivity contribution in [1.29, 1.82) is 0 Å². The third-order valence-electron chi connectivity index (χ3n) is 3.07. The Hall–Kier alpha value is -0.610. The maximum absolute atomic E-state index is 11.7. The molecule has 1 saturated heterocycles. The highest BCUT2D eigenvalue weighted by atomic mass is 16.3. The van der Waals surface area contributed by atoms with E-state index in [0.29, 0.717) is 13.0 Å². The first kappa shape index (κ1) is 12.5. The van der Waals surface area contributed by atoms with Crippen molar-refractivity contribution in [3.8, 4) is 0 Å². The van der Waals surface area contributed by atoms with Crippen LogP contribution in [0.1, 0.15) is 33.1 Å². The minimum atomic E-state index is -0.810. The Bertz CT molecular complexity index is 228. The molecule has 1 aliphatic heterocycles. The Labute approximate surface area is 90.9 Å². The summed E-state index contributed by atoms with van der Waals surface area (Å²) in [6.45, 7) is 4.97. The van der Waals surface area contributed by atoms with E-state index in [0.717, 1.165) is 12.8 Å². The lowest BCUT2D eigenvalue weighted by molar-refractivity contribution is -0.132. The van der Waals surface area contributed by atoms with Crippen molar-refractivity contribution in [3.63, 3.8) is 0 Å². The van der Waals surface area contributed by atoms with Crippen LogP contribution < -0.4 is 0 Å². The standard InChI is InChI=1S/C11H21NO3/c1-11(2)4-3-10(15)12(6-5-11)7-9(14)8-13/h9,13-14H,3-8H2,1-2H3. The van der Waals surface area contributed by atoms with Gasteiger partial charge >= 0.3 is 0 Å². The summed E-state index contributed by atoms with van der Waals surface area (Å²) < 4.78 is 0. The molecule has 0 aromatic heterocycles. The van der Waals surface area contributed by atoms with Crippen molar-refractivity contribution in [2.75, 3.05) is 19.7 Å². The van der Waals surface area contributed by atoms with Gasteiger partial charge in [-0.05, 0) is 18.3 Å². The van der Waals surface area contributed by atoms with Gasteiger partial charge in [-0.15, -0.1) is 0 Å². The summed E-state index contributed by atoms with van der Waals surface area (Å²) in [5.41, 5.74) is 0.203. The molecule has 15 heavy (non-hydrogen) atoms. The van der Waals surface area contributed by atoms with Gasteiger partial charge in [0.15, 0.2) is 0 Å². The van der Waals surface area contributed by atoms with Crippen LogP contribution >= 0.6 is 0 Å². The van der Waals surface area contributed by atoms with Gasteiger partial charge in [0, 0.05) is 19.5 Å². The average Bonchev–Trinajstić information content (AvgIpc) is 2.31. The number of carbonyl (C=O) groups is 1. The first-order chi connectivity index (χ1) is 6.94. The van der Waals surface area contributed by atoms with E-state index in [4.69, 9.17) is 5.11 Å². The molecule has 1 unspecified atom stereocenters. The zero-order valence-corrected chi connectivity index (χ0v) is 9.57. The van der Waals surface area contributed by atoms with Crippen LogP contribution in [0.25, 0.3) is 0 Å². The molecule has 1 amide bonds. The van der Waals surface area contributed by atoms with Gasteiger partial charge in [0.25, 0.3) is 0 Å². The molecule has 0 aromatic carbocycles. The van der Waals surface area contributed by atoms with Crippen molar-refractivity contribution in [2.45, 2.75) is 39.2 Å². The minimum Gasteiger partial charge on any atom is -0.394 e. The van der Waals surface area contributed by atoms with Crippen molar-refractivity contribution >= 4 is 5.91 Å². The second-order valence-electron chi connectivity index (χ2n) is 5.09. The number of nitrogens with zero attached hydrogens (tertiary/aromatic N) is 1. The van der Waals surface area contributed by atoms with Crippen LogP contribution in [0, 0.1) is 5.41 Å². The highest BCUT2D eigenvalue weighted by Crippen LogP contribution is 2.30. The second kappa shape index (κ2) is 4.94. The zero-order chi connectivity index (χ0) is 11.5. The third-order valence-corrected chi connectivity index (χ3v) is 3.07. The summed E-state index contributed by atoms with van der Waals surface area (Å²) in [7, 11) is 0. The lowest BCUT2D eigenvalue weighted by Gasteiger charge is -2.24. The number of aliphatic hydroxyl groups excluding tert-OH is 2. The summed E-state index contributed by atoms with van der Waals surface area (Å²) in [4.78, 5) is 13.3. The Kier molecular flexibility index (Phi) is 4.11. The van der Waals surface area contributed by atoms with Crippen LogP contribution in [0.4, 0.5) is 0 Å². The van der Waals surface area contributed by atoms with Gasteiger partial charge in [0.2, 0.25) is 5.91 Å². The maximum Gasteiger partial charge on any atom is 0.222 e. The van der Waals surface area contributed by atoms with Crippen molar-refractivity contribution in [3.05, 3.63) is 0 Å². The molecule has 0 aliphatic carbocycles. The second-order valence-corrected chi connectivity index (χ2v) is 5.09. The molecule has 1 atom stereocenters. The number of carbonyl (C=O) groups excluding carboxylic acids is 1. The van der Waals surface area contributed by atoms with E-state index in [1.54, 1.807) is 4.90 Å². The van der Waals surface area contributed by atoms with E-state index in [9.17, 15) is 9.90 Å². The average molecular weight is 215 g/mol. The van der Waals surface area contributed by atoms with Gasteiger partial charge < -0.3 is 15.1 Å². The number of hydrogen-bond donors (Lipinski definition) is 2. The van der Waals surface area contributed by atoms with Crippen molar-refractivity contribution in [1.82, 2.24) is 4.90 Å². The number of hydrogen-bond acceptors (Lipinski definition) is 3. The number of amides is 1. The summed E-state index contributed by atoms with van der Waals surface area (Å²) >= 11 is 0. The Morgan fingerprint density at radius 1 is 1.47 bits per heavy atom. The molecule has 0 aromatic rings. The van der Waals surface area contributed by atoms with Crippen LogP contribution in [-0.4, -0.2) is 46.8 Å². The SMILES string of the molecule is CC1(C)CCC(=O)N(CC(O)CO)CC1. The smallest absolute Gasteiger partial charge is 0.222 e. The van der Waals surface area contributed by atoms with E-state index in [2.05, 4.69) is 13.8 Å². The summed E-state index contributed by atoms with van der Waals surface area (Å²) in [6, 6.07) is 0. The summed E-state index contributed by atoms with van der Waals surface area (Å²) in [5, 5.41) is 18.0. The molecule has 0 radical (unpaired) electrons. The van der Waals surface area contributed by atoms with Crippen molar-refractivity contribution < 1.29 is 15.0 Å². The Balaban J connectivity index is 2.54. The quantitative estimate of drug-likeness (QED) is 0.715. The summed E-state index contributed by atoms with van der Waals surface area (Å²) in [5.74, 6) is 0.0908. The van der Waals surface area contributed by atoms with Crippen LogP contribution in [-0.2, 0) is 4.79 Å². The molecular formula is C11H21NO3. The first-order valence-corrected chi connectivity index (χ1v) is 5.51. The lowest BCUT2D eigenvalue weighted by atomic mass is 9.85. The van der Waals surface area contributed by atoms with Crippen molar-refractivity contribution in [2.24, 2.45) is 5.41 Å². The number of β-amino-alcohol motifs (C(OH)–C–C–N with tert-alkyl or cyclic N) is 1. The molecule has 2 N–H and O–H groups in total. The molecule has 1 heterocycles. The fourth-order valence-corrected chi connectivity index (χ4v) is 1.80. The number of likely N-dealkylation sites (tertiary alicyclic amines) is 1. The van der Waals surface area contributed by atoms with Gasteiger partial charge in [-0.25, -0.2) is 0 Å². The lowest BCUT2D eigenvalue weighted by Crippen LogP contribution is -2.38. The summed E-state index contributed by atoms with van der Waals surface area (Å²) in [6.07, 6.45) is 1.59. The Morgan fingerprint density at radius 2 is 2.13 bits per heavy atom. The molecule has 88 valence electrons. The zero-order valence-electron chi connectivity index (χ0n) is 9.57. The predicted molar refractivity (Wildman–Crippen MR) is 57.3 cm³/mol. The topological polar surface area (TPSA) is 60.8 Å². The largest absolute Gasteiger partial charge is 0.394 e. The monoisotopic (exact) mass is 215 g/mol. The van der Waals surface area contributed by atoms with Gasteiger partial charge in [-0.1, -0.05) is 13.8 Å². The molecule has 1 fully saturated rings. The van der Waals surface area contributed by atoms with Gasteiger partial charge in [-0.2, -0.15) is 0 Å². The normalized spacial score (nSPS) is 23.7. The van der Waals surface area contributed by atoms with Gasteiger partial charge in [-0.3, -0.25) is 4.79 Å². The molecule has 4 nitrogen and oxygen atoms in total. The van der Waals surface area contributed by atoms with E-state index in [-0.39, 0.29) is 24.5 Å². The van der Waals surface area contributed by atoms with E-state index >= 15 is 0 Å². The number of rotatable bonds is 3. The Morgan fingerprint density at radius 3 is 2.73 bits per heavy atom. The fraction of sp³-hybridized carbons (Fsp3) is 0.909. The van der Waals surface area contributed by atoms with E-state index in [1.165, 1.54) is 0 Å². The molecule has 1 rings (SSSR count). The molecule has 0 bridgehead atoms. The highest BCUT2D eigenvalue weighted by Gasteiger charge is 2.28. The molecule has 0 saturated carbocycles. The highest BCUT2D eigenvalue weighted by molar-refractivity contribution is 5.76. The third kappa shape index (κ3) is 3.80. The molecule has 1 aliphatic rings. The van der Waals surface area contributed by atoms with Gasteiger partial charge in [0.1, 0.15) is 0 Å². The first-order valence-electron chi connectivity index (χ1n) is 5.51. The predicted octanol–water partition coefficient (Wildman–Crippen LogP) is 0.378.